The van der Waals surface area contributed by atoms with Crippen molar-refractivity contribution < 1.29 is 24.2 Å². The Kier molecular flexibility index (Phi) is 13.6. The highest BCUT2D eigenvalue weighted by Crippen LogP contribution is 2.12. The second-order valence-corrected chi connectivity index (χ2v) is 6.54. The average Bonchev–Trinajstić information content (AvgIpc) is 2.56. The summed E-state index contributed by atoms with van der Waals surface area (Å²) in [6.07, 6.45) is 5.33. The molecule has 27 heavy (non-hydrogen) atoms. The van der Waals surface area contributed by atoms with Crippen molar-refractivity contribution in [2.75, 3.05) is 26.3 Å². The van der Waals surface area contributed by atoms with E-state index >= 15 is 0 Å². The van der Waals surface area contributed by atoms with Crippen LogP contribution in [0.15, 0.2) is 0 Å². The number of nitrogens with zero attached hydrogens (tertiary/aromatic N) is 2. The summed E-state index contributed by atoms with van der Waals surface area (Å²) in [5.41, 5.74) is 10.3. The normalized spacial score (nSPS) is 13.0. The van der Waals surface area contributed by atoms with Crippen LogP contribution in [0.1, 0.15) is 51.4 Å². The molecule has 0 bridgehead atoms. The van der Waals surface area contributed by atoms with Crippen molar-refractivity contribution in [1.29, 1.82) is 0 Å². The van der Waals surface area contributed by atoms with Crippen molar-refractivity contribution in [1.82, 2.24) is 0 Å². The molecule has 0 heterocycles. The maximum atomic E-state index is 11.1. The minimum Gasteiger partial charge on any atom is -0.381 e. The lowest BCUT2D eigenvalue weighted by Gasteiger charge is -2.09. The van der Waals surface area contributed by atoms with Gasteiger partial charge < -0.3 is 16.2 Å². The minimum absolute atomic E-state index is 0.404. The number of ether oxygens (including phenoxy) is 1. The van der Waals surface area contributed by atoms with Crippen LogP contribution < -0.4 is 11.5 Å². The third-order valence-electron chi connectivity index (χ3n) is 4.23. The molecule has 0 radical (unpaired) electrons. The Morgan fingerprint density at radius 2 is 1.11 bits per heavy atom. The van der Waals surface area contributed by atoms with Crippen LogP contribution in [0.3, 0.4) is 0 Å². The summed E-state index contributed by atoms with van der Waals surface area (Å²) in [4.78, 5) is 42.0. The van der Waals surface area contributed by atoms with Crippen LogP contribution in [0, 0.1) is 32.1 Å². The number of rotatable bonds is 18. The van der Waals surface area contributed by atoms with Crippen molar-refractivity contribution in [2.45, 2.75) is 51.4 Å². The first-order chi connectivity index (χ1) is 12.7. The lowest BCUT2D eigenvalue weighted by atomic mass is 10.0. The summed E-state index contributed by atoms with van der Waals surface area (Å²) >= 11 is 0. The molecule has 0 saturated carbocycles. The molecule has 2 atom stereocenters. The molecule has 0 aliphatic rings. The van der Waals surface area contributed by atoms with E-state index in [1.54, 1.807) is 0 Å². The molecule has 0 aromatic heterocycles. The summed E-state index contributed by atoms with van der Waals surface area (Å²) in [5, 5.41) is 20.9. The summed E-state index contributed by atoms with van der Waals surface area (Å²) in [5.74, 6) is -2.72. The quantitative estimate of drug-likeness (QED) is 0.198. The SMILES string of the molecule is NC(=O)C(CCCCCOCCCCCC(C[N+](=O)[O-])C(N)=O)C[N+](=O)[O-]. The van der Waals surface area contributed by atoms with Crippen LogP contribution in [0.2, 0.25) is 0 Å². The first-order valence-corrected chi connectivity index (χ1v) is 9.14. The Balaban J connectivity index is 3.59. The van der Waals surface area contributed by atoms with E-state index in [1.165, 1.54) is 0 Å². The van der Waals surface area contributed by atoms with Gasteiger partial charge in [0, 0.05) is 23.1 Å². The number of hydrogen-bond donors (Lipinski definition) is 2. The van der Waals surface area contributed by atoms with Gasteiger partial charge in [0.15, 0.2) is 0 Å². The number of unbranched alkanes of at least 4 members (excludes halogenated alkanes) is 4. The Bertz CT molecular complexity index is 445. The summed E-state index contributed by atoms with van der Waals surface area (Å²) in [6.45, 7) is 0.262. The Morgan fingerprint density at radius 3 is 1.41 bits per heavy atom. The predicted octanol–water partition coefficient (Wildman–Crippen LogP) is 0.880. The molecule has 0 aliphatic heterocycles. The third kappa shape index (κ3) is 14.5. The second-order valence-electron chi connectivity index (χ2n) is 6.54. The molecule has 2 amide bonds. The van der Waals surface area contributed by atoms with E-state index < -0.39 is 46.6 Å². The van der Waals surface area contributed by atoms with Crippen molar-refractivity contribution in [3.8, 4) is 0 Å². The molecule has 2 unspecified atom stereocenters. The minimum atomic E-state index is -0.722. The van der Waals surface area contributed by atoms with Crippen LogP contribution in [0.5, 0.6) is 0 Å². The average molecular weight is 390 g/mol. The molecule has 0 saturated heterocycles. The first kappa shape index (κ1) is 24.7. The van der Waals surface area contributed by atoms with Crippen molar-refractivity contribution >= 4 is 11.8 Å². The number of nitrogens with two attached hydrogens (primary N) is 2. The van der Waals surface area contributed by atoms with Gasteiger partial charge in [0.2, 0.25) is 24.9 Å². The van der Waals surface area contributed by atoms with Gasteiger partial charge in [-0.2, -0.15) is 0 Å². The fraction of sp³-hybridized carbons (Fsp3) is 0.875. The van der Waals surface area contributed by atoms with Gasteiger partial charge in [-0.05, 0) is 25.7 Å². The van der Waals surface area contributed by atoms with E-state index in [0.29, 0.717) is 38.9 Å². The molecule has 0 spiro atoms. The number of carbonyl (C=O) groups excluding carboxylic acids is 2. The molecule has 11 heteroatoms. The standard InChI is InChI=1S/C16H30N4O7/c17-15(21)13(11-19(23)24)7-3-1-5-9-27-10-6-2-4-8-14(16(18)22)12-20(25)26/h13-14H,1-12H2,(H2,17,21)(H2,18,22). The number of hydrogen-bond acceptors (Lipinski definition) is 7. The molecule has 156 valence electrons. The number of carbonyl (C=O) groups is 2. The highest BCUT2D eigenvalue weighted by Gasteiger charge is 2.21. The summed E-state index contributed by atoms with van der Waals surface area (Å²) in [7, 11) is 0. The largest absolute Gasteiger partial charge is 0.381 e. The number of nitro groups is 2. The van der Waals surface area contributed by atoms with Gasteiger partial charge in [0.05, 0.1) is 0 Å². The fourth-order valence-corrected chi connectivity index (χ4v) is 2.65. The smallest absolute Gasteiger partial charge is 0.227 e. The van der Waals surface area contributed by atoms with E-state index in [4.69, 9.17) is 16.2 Å². The van der Waals surface area contributed by atoms with Crippen LogP contribution in [0.4, 0.5) is 0 Å². The summed E-state index contributed by atoms with van der Waals surface area (Å²) < 4.78 is 5.47. The van der Waals surface area contributed by atoms with Crippen molar-refractivity contribution in [3.63, 3.8) is 0 Å². The lowest BCUT2D eigenvalue weighted by Crippen LogP contribution is -2.29. The molecular formula is C16H30N4O7. The van der Waals surface area contributed by atoms with Crippen LogP contribution in [-0.4, -0.2) is 48.0 Å². The van der Waals surface area contributed by atoms with E-state index in [-0.39, 0.29) is 0 Å². The van der Waals surface area contributed by atoms with Crippen molar-refractivity contribution in [3.05, 3.63) is 20.2 Å². The molecular weight excluding hydrogens is 360 g/mol. The zero-order valence-electron chi connectivity index (χ0n) is 15.5. The van der Waals surface area contributed by atoms with E-state index in [9.17, 15) is 29.8 Å². The van der Waals surface area contributed by atoms with E-state index in [1.807, 2.05) is 0 Å². The maximum Gasteiger partial charge on any atom is 0.227 e. The van der Waals surface area contributed by atoms with Crippen LogP contribution in [0.25, 0.3) is 0 Å². The van der Waals surface area contributed by atoms with E-state index in [2.05, 4.69) is 0 Å². The van der Waals surface area contributed by atoms with Gasteiger partial charge >= 0.3 is 0 Å². The fourth-order valence-electron chi connectivity index (χ4n) is 2.65. The topological polar surface area (TPSA) is 182 Å². The van der Waals surface area contributed by atoms with Gasteiger partial charge in [0.1, 0.15) is 11.8 Å². The van der Waals surface area contributed by atoms with Gasteiger partial charge in [-0.15, -0.1) is 0 Å². The molecule has 0 fully saturated rings. The second kappa shape index (κ2) is 14.8. The molecule has 0 aliphatic carbocycles. The first-order valence-electron chi connectivity index (χ1n) is 9.14. The van der Waals surface area contributed by atoms with Crippen molar-refractivity contribution in [2.24, 2.45) is 23.3 Å². The zero-order valence-corrected chi connectivity index (χ0v) is 15.5. The molecule has 0 aromatic carbocycles. The number of amides is 2. The Morgan fingerprint density at radius 1 is 0.741 bits per heavy atom. The zero-order chi connectivity index (χ0) is 20.7. The maximum absolute atomic E-state index is 11.1. The van der Waals surface area contributed by atoms with Crippen LogP contribution in [-0.2, 0) is 14.3 Å². The Labute approximate surface area is 158 Å². The molecule has 4 N–H and O–H groups in total. The third-order valence-corrected chi connectivity index (χ3v) is 4.23. The predicted molar refractivity (Wildman–Crippen MR) is 96.8 cm³/mol. The number of primary amides is 2. The Hall–Kier alpha value is -2.30. The molecule has 0 aromatic rings. The van der Waals surface area contributed by atoms with Gasteiger partial charge in [-0.3, -0.25) is 29.8 Å². The highest BCUT2D eigenvalue weighted by molar-refractivity contribution is 5.77. The van der Waals surface area contributed by atoms with E-state index in [0.717, 1.165) is 25.7 Å². The van der Waals surface area contributed by atoms with Gasteiger partial charge in [-0.25, -0.2) is 0 Å². The van der Waals surface area contributed by atoms with Crippen LogP contribution >= 0.6 is 0 Å². The van der Waals surface area contributed by atoms with Gasteiger partial charge in [0.25, 0.3) is 0 Å². The molecule has 0 rings (SSSR count). The highest BCUT2D eigenvalue weighted by atomic mass is 16.6. The summed E-state index contributed by atoms with van der Waals surface area (Å²) in [6, 6.07) is 0. The van der Waals surface area contributed by atoms with Gasteiger partial charge in [-0.1, -0.05) is 25.7 Å². The monoisotopic (exact) mass is 390 g/mol. The molecule has 11 nitrogen and oxygen atoms in total. The lowest BCUT2D eigenvalue weighted by molar-refractivity contribution is -0.485.